The highest BCUT2D eigenvalue weighted by molar-refractivity contribution is 8.16. The first kappa shape index (κ1) is 19.4. The summed E-state index contributed by atoms with van der Waals surface area (Å²) in [5, 5.41) is 4.63. The molecule has 0 aliphatic carbocycles. The number of ether oxygens (including phenoxy) is 3. The number of allylic oxidation sites excluding steroid dienone is 1. The zero-order valence-electron chi connectivity index (χ0n) is 16.8. The van der Waals surface area contributed by atoms with Crippen LogP contribution in [0.3, 0.4) is 0 Å². The van der Waals surface area contributed by atoms with Crippen LogP contribution in [0.2, 0.25) is 0 Å². The van der Waals surface area contributed by atoms with Crippen molar-refractivity contribution in [2.45, 2.75) is 19.9 Å². The number of hydrogen-bond donors (Lipinski definition) is 0. The minimum absolute atomic E-state index is 0.302. The summed E-state index contributed by atoms with van der Waals surface area (Å²) < 4.78 is 16.6. The molecule has 0 unspecified atom stereocenters. The topological polar surface area (TPSA) is 60.4 Å². The standard InChI is InChI=1S/C22H22N2O4S/c1-5-28-21(25)18-13(2)23-22-24(11-12-29-22)20(18)15-9-10-16(26-3)14-7-6-8-17(27-4)19(14)15/h6-12,20H,5H2,1-4H3/t20-/m1/s1. The molecule has 0 fully saturated rings. The molecular formula is C22H22N2O4S. The molecule has 2 heterocycles. The molecule has 0 N–H and O–H groups in total. The maximum absolute atomic E-state index is 12.9. The van der Waals surface area contributed by atoms with E-state index in [9.17, 15) is 4.79 Å². The number of benzene rings is 2. The SMILES string of the molecule is CCOC(=O)C1=C(C)N=C2SC=CN2[C@@H]1c1ccc(OC)c2cccc(OC)c12. The van der Waals surface area contributed by atoms with Crippen LogP contribution in [0.4, 0.5) is 0 Å². The van der Waals surface area contributed by atoms with Gasteiger partial charge in [0.05, 0.1) is 38.1 Å². The number of fused-ring (bicyclic) bond motifs is 2. The highest BCUT2D eigenvalue weighted by Crippen LogP contribution is 2.46. The first-order valence-corrected chi connectivity index (χ1v) is 10.2. The van der Waals surface area contributed by atoms with Gasteiger partial charge in [0.2, 0.25) is 0 Å². The van der Waals surface area contributed by atoms with E-state index in [0.717, 1.165) is 33.0 Å². The van der Waals surface area contributed by atoms with Gasteiger partial charge in [-0.3, -0.25) is 0 Å². The predicted octanol–water partition coefficient (Wildman–Crippen LogP) is 4.62. The molecule has 4 rings (SSSR count). The van der Waals surface area contributed by atoms with Crippen LogP contribution < -0.4 is 9.47 Å². The minimum Gasteiger partial charge on any atom is -0.496 e. The quantitative estimate of drug-likeness (QED) is 0.670. The minimum atomic E-state index is -0.377. The van der Waals surface area contributed by atoms with Gasteiger partial charge in [0.1, 0.15) is 11.5 Å². The molecule has 0 amide bonds. The van der Waals surface area contributed by atoms with Crippen LogP contribution in [0.25, 0.3) is 10.8 Å². The van der Waals surface area contributed by atoms with Crippen LogP contribution in [0.5, 0.6) is 11.5 Å². The Bertz CT molecular complexity index is 1070. The second kappa shape index (κ2) is 7.83. The molecule has 1 atom stereocenters. The van der Waals surface area contributed by atoms with E-state index >= 15 is 0 Å². The fourth-order valence-corrected chi connectivity index (χ4v) is 4.62. The number of amidine groups is 1. The molecule has 7 heteroatoms. The van der Waals surface area contributed by atoms with Gasteiger partial charge in [-0.1, -0.05) is 30.0 Å². The third-order valence-electron chi connectivity index (χ3n) is 5.04. The number of rotatable bonds is 5. The fourth-order valence-electron chi connectivity index (χ4n) is 3.82. The number of esters is 1. The zero-order valence-corrected chi connectivity index (χ0v) is 17.6. The van der Waals surface area contributed by atoms with Gasteiger partial charge in [0.25, 0.3) is 0 Å². The Labute approximate surface area is 173 Å². The summed E-state index contributed by atoms with van der Waals surface area (Å²) in [6, 6.07) is 9.37. The average molecular weight is 410 g/mol. The number of carbonyl (C=O) groups excluding carboxylic acids is 1. The van der Waals surface area contributed by atoms with E-state index in [-0.39, 0.29) is 12.0 Å². The van der Waals surface area contributed by atoms with E-state index in [2.05, 4.69) is 4.99 Å². The molecule has 29 heavy (non-hydrogen) atoms. The monoisotopic (exact) mass is 410 g/mol. The van der Waals surface area contributed by atoms with Crippen molar-refractivity contribution in [2.24, 2.45) is 4.99 Å². The van der Waals surface area contributed by atoms with Gasteiger partial charge in [0.15, 0.2) is 5.17 Å². The summed E-state index contributed by atoms with van der Waals surface area (Å²) in [5.74, 6) is 1.11. The van der Waals surface area contributed by atoms with Crippen LogP contribution in [0.1, 0.15) is 25.5 Å². The Morgan fingerprint density at radius 1 is 1.17 bits per heavy atom. The number of thioether (sulfide) groups is 1. The summed E-state index contributed by atoms with van der Waals surface area (Å²) in [7, 11) is 3.29. The molecule has 2 aliphatic heterocycles. The predicted molar refractivity (Wildman–Crippen MR) is 115 cm³/mol. The maximum Gasteiger partial charge on any atom is 0.338 e. The van der Waals surface area contributed by atoms with Crippen molar-refractivity contribution in [1.29, 1.82) is 0 Å². The van der Waals surface area contributed by atoms with Gasteiger partial charge < -0.3 is 19.1 Å². The molecule has 0 bridgehead atoms. The molecule has 0 spiro atoms. The third-order valence-corrected chi connectivity index (χ3v) is 5.82. The third kappa shape index (κ3) is 3.15. The van der Waals surface area contributed by atoms with E-state index in [4.69, 9.17) is 14.2 Å². The number of methoxy groups -OCH3 is 2. The Kier molecular flexibility index (Phi) is 5.24. The van der Waals surface area contributed by atoms with Crippen LogP contribution >= 0.6 is 11.8 Å². The molecule has 6 nitrogen and oxygen atoms in total. The number of hydrogen-bond acceptors (Lipinski definition) is 7. The maximum atomic E-state index is 12.9. The van der Waals surface area contributed by atoms with Crippen molar-refractivity contribution >= 4 is 33.7 Å². The second-order valence-electron chi connectivity index (χ2n) is 6.57. The Morgan fingerprint density at radius 3 is 2.69 bits per heavy atom. The van der Waals surface area contributed by atoms with Gasteiger partial charge >= 0.3 is 5.97 Å². The molecule has 0 saturated heterocycles. The number of nitrogens with zero attached hydrogens (tertiary/aromatic N) is 2. The highest BCUT2D eigenvalue weighted by Gasteiger charge is 2.38. The lowest BCUT2D eigenvalue weighted by Gasteiger charge is -2.34. The lowest BCUT2D eigenvalue weighted by Crippen LogP contribution is -2.34. The van der Waals surface area contributed by atoms with Crippen molar-refractivity contribution < 1.29 is 19.0 Å². The normalized spacial score (nSPS) is 18.0. The largest absolute Gasteiger partial charge is 0.496 e. The molecule has 2 aromatic carbocycles. The van der Waals surface area contributed by atoms with Crippen LogP contribution in [0.15, 0.2) is 58.2 Å². The van der Waals surface area contributed by atoms with Gasteiger partial charge in [-0.15, -0.1) is 0 Å². The van der Waals surface area contributed by atoms with Gasteiger partial charge in [-0.25, -0.2) is 9.79 Å². The molecule has 150 valence electrons. The molecule has 0 saturated carbocycles. The van der Waals surface area contributed by atoms with Crippen molar-refractivity contribution in [3.05, 3.63) is 58.8 Å². The van der Waals surface area contributed by atoms with Crippen LogP contribution in [0, 0.1) is 0 Å². The molecule has 2 aliphatic rings. The summed E-state index contributed by atoms with van der Waals surface area (Å²) in [6.45, 7) is 3.96. The zero-order chi connectivity index (χ0) is 20.5. The first-order chi connectivity index (χ1) is 14.1. The second-order valence-corrected chi connectivity index (χ2v) is 7.44. The summed E-state index contributed by atoms with van der Waals surface area (Å²) in [5.41, 5.74) is 2.12. The van der Waals surface area contributed by atoms with Crippen LogP contribution in [-0.2, 0) is 9.53 Å². The average Bonchev–Trinajstić information content (AvgIpc) is 3.19. The molecular weight excluding hydrogens is 388 g/mol. The van der Waals surface area contributed by atoms with Crippen LogP contribution in [-0.4, -0.2) is 36.9 Å². The first-order valence-electron chi connectivity index (χ1n) is 9.32. The van der Waals surface area contributed by atoms with Gasteiger partial charge in [-0.2, -0.15) is 0 Å². The van der Waals surface area contributed by atoms with Crippen molar-refractivity contribution in [2.75, 3.05) is 20.8 Å². The molecule has 2 aromatic rings. The van der Waals surface area contributed by atoms with E-state index in [0.29, 0.717) is 17.9 Å². The van der Waals surface area contributed by atoms with E-state index < -0.39 is 0 Å². The van der Waals surface area contributed by atoms with Crippen molar-refractivity contribution in [3.8, 4) is 11.5 Å². The number of aliphatic imine (C=N–C) groups is 1. The summed E-state index contributed by atoms with van der Waals surface area (Å²) >= 11 is 1.53. The smallest absolute Gasteiger partial charge is 0.338 e. The van der Waals surface area contributed by atoms with Gasteiger partial charge in [0, 0.05) is 17.0 Å². The van der Waals surface area contributed by atoms with E-state index in [1.165, 1.54) is 11.8 Å². The van der Waals surface area contributed by atoms with Gasteiger partial charge in [-0.05, 0) is 37.0 Å². The summed E-state index contributed by atoms with van der Waals surface area (Å²) in [4.78, 5) is 19.6. The van der Waals surface area contributed by atoms with E-state index in [1.807, 2.05) is 53.8 Å². The molecule has 0 radical (unpaired) electrons. The van der Waals surface area contributed by atoms with Crippen molar-refractivity contribution in [1.82, 2.24) is 4.90 Å². The summed E-state index contributed by atoms with van der Waals surface area (Å²) in [6.07, 6.45) is 1.95. The number of carbonyl (C=O) groups is 1. The molecule has 0 aromatic heterocycles. The fraction of sp³-hybridized carbons (Fsp3) is 0.273. The Balaban J connectivity index is 2.01. The van der Waals surface area contributed by atoms with E-state index in [1.54, 1.807) is 21.1 Å². The highest BCUT2D eigenvalue weighted by atomic mass is 32.2. The Morgan fingerprint density at radius 2 is 1.97 bits per heavy atom. The van der Waals surface area contributed by atoms with Crippen molar-refractivity contribution in [3.63, 3.8) is 0 Å². The lowest BCUT2D eigenvalue weighted by molar-refractivity contribution is -0.139. The lowest BCUT2D eigenvalue weighted by atomic mass is 9.90. The Hall–Kier alpha value is -2.93.